The van der Waals surface area contributed by atoms with Gasteiger partial charge >= 0.3 is 0 Å². The molecule has 132 valence electrons. The molecule has 0 saturated heterocycles. The molecule has 0 spiro atoms. The van der Waals surface area contributed by atoms with Gasteiger partial charge in [0.15, 0.2) is 0 Å². The van der Waals surface area contributed by atoms with Crippen LogP contribution in [0.3, 0.4) is 0 Å². The van der Waals surface area contributed by atoms with Gasteiger partial charge in [-0.1, -0.05) is 18.2 Å². The van der Waals surface area contributed by atoms with Gasteiger partial charge in [-0.2, -0.15) is 0 Å². The van der Waals surface area contributed by atoms with E-state index in [4.69, 9.17) is 0 Å². The highest BCUT2D eigenvalue weighted by molar-refractivity contribution is 6.05. The number of carbonyl (C=O) groups excluding carboxylic acids is 1. The van der Waals surface area contributed by atoms with Crippen molar-refractivity contribution >= 4 is 11.6 Å². The molecular weight excluding hydrogens is 336 g/mol. The maximum Gasteiger partial charge on any atom is 0.255 e. The highest BCUT2D eigenvalue weighted by Gasteiger charge is 2.15. The van der Waals surface area contributed by atoms with Gasteiger partial charge in [0, 0.05) is 11.1 Å². The first-order valence-electron chi connectivity index (χ1n) is 8.02. The van der Waals surface area contributed by atoms with Gasteiger partial charge in [-0.3, -0.25) is 4.79 Å². The van der Waals surface area contributed by atoms with Crippen LogP contribution in [0.25, 0.3) is 11.1 Å². The molecule has 0 atom stereocenters. The second-order valence-corrected chi connectivity index (χ2v) is 6.12. The zero-order chi connectivity index (χ0) is 18.8. The van der Waals surface area contributed by atoms with Crippen LogP contribution in [0, 0.1) is 25.5 Å². The number of carbonyl (C=O) groups is 1. The Bertz CT molecular complexity index is 999. The lowest BCUT2D eigenvalue weighted by Crippen LogP contribution is -2.14. The van der Waals surface area contributed by atoms with Crippen molar-refractivity contribution in [1.82, 2.24) is 0 Å². The first-order chi connectivity index (χ1) is 12.3. The van der Waals surface area contributed by atoms with Crippen LogP contribution < -0.4 is 5.32 Å². The highest BCUT2D eigenvalue weighted by Crippen LogP contribution is 2.28. The third-order valence-corrected chi connectivity index (χ3v) is 4.12. The average molecular weight is 353 g/mol. The number of hydrogen-bond acceptors (Lipinski definition) is 2. The second kappa shape index (κ2) is 6.96. The molecule has 0 aliphatic rings. The fourth-order valence-electron chi connectivity index (χ4n) is 2.76. The summed E-state index contributed by atoms with van der Waals surface area (Å²) < 4.78 is 27.5. The number of amides is 1. The summed E-state index contributed by atoms with van der Waals surface area (Å²) in [5.41, 5.74) is 2.63. The number of phenolic OH excluding ortho intramolecular Hbond substituents is 1. The Balaban J connectivity index is 1.97. The number of nitrogens with one attached hydrogen (secondary N) is 1. The maximum atomic E-state index is 14.0. The summed E-state index contributed by atoms with van der Waals surface area (Å²) in [7, 11) is 0. The minimum atomic E-state index is -0.633. The lowest BCUT2D eigenvalue weighted by Gasteiger charge is -2.12. The van der Waals surface area contributed by atoms with Crippen molar-refractivity contribution in [3.8, 4) is 16.9 Å². The van der Waals surface area contributed by atoms with Crippen LogP contribution in [0.5, 0.6) is 5.75 Å². The third kappa shape index (κ3) is 3.57. The molecule has 0 aliphatic heterocycles. The lowest BCUT2D eigenvalue weighted by molar-refractivity contribution is 0.102. The van der Waals surface area contributed by atoms with Gasteiger partial charge in [-0.25, -0.2) is 8.78 Å². The first kappa shape index (κ1) is 17.6. The summed E-state index contributed by atoms with van der Waals surface area (Å²) in [6, 6.07) is 13.5. The molecule has 0 fully saturated rings. The van der Waals surface area contributed by atoms with E-state index in [9.17, 15) is 18.7 Å². The highest BCUT2D eigenvalue weighted by atomic mass is 19.1. The van der Waals surface area contributed by atoms with E-state index in [1.54, 1.807) is 24.3 Å². The summed E-state index contributed by atoms with van der Waals surface area (Å²) >= 11 is 0. The molecule has 0 unspecified atom stereocenters. The van der Waals surface area contributed by atoms with Crippen LogP contribution in [0.2, 0.25) is 0 Å². The average Bonchev–Trinajstić information content (AvgIpc) is 2.61. The van der Waals surface area contributed by atoms with Crippen LogP contribution in [0.4, 0.5) is 14.5 Å². The number of rotatable bonds is 3. The largest absolute Gasteiger partial charge is 0.508 e. The number of aromatic hydroxyl groups is 1. The quantitative estimate of drug-likeness (QED) is 0.679. The summed E-state index contributed by atoms with van der Waals surface area (Å²) in [5, 5.41) is 12.2. The van der Waals surface area contributed by atoms with Crippen molar-refractivity contribution in [1.29, 1.82) is 0 Å². The Morgan fingerprint density at radius 1 is 0.962 bits per heavy atom. The van der Waals surface area contributed by atoms with E-state index in [0.717, 1.165) is 11.6 Å². The Hall–Kier alpha value is -3.21. The van der Waals surface area contributed by atoms with E-state index < -0.39 is 11.7 Å². The Kier molecular flexibility index (Phi) is 4.71. The van der Waals surface area contributed by atoms with E-state index in [0.29, 0.717) is 16.7 Å². The molecule has 0 bridgehead atoms. The molecular formula is C21H17F2NO2. The van der Waals surface area contributed by atoms with E-state index in [2.05, 4.69) is 5.32 Å². The topological polar surface area (TPSA) is 49.3 Å². The second-order valence-electron chi connectivity index (χ2n) is 6.12. The molecule has 3 nitrogen and oxygen atoms in total. The Labute approximate surface area is 149 Å². The van der Waals surface area contributed by atoms with Gasteiger partial charge in [0.1, 0.15) is 17.4 Å². The van der Waals surface area contributed by atoms with Gasteiger partial charge in [-0.05, 0) is 66.9 Å². The van der Waals surface area contributed by atoms with E-state index in [1.807, 2.05) is 13.0 Å². The van der Waals surface area contributed by atoms with Crippen LogP contribution >= 0.6 is 0 Å². The van der Waals surface area contributed by atoms with E-state index in [-0.39, 0.29) is 22.8 Å². The molecule has 0 saturated carbocycles. The summed E-state index contributed by atoms with van der Waals surface area (Å²) in [5.74, 6) is -1.62. The predicted molar refractivity (Wildman–Crippen MR) is 97.3 cm³/mol. The van der Waals surface area contributed by atoms with Crippen molar-refractivity contribution in [2.45, 2.75) is 13.8 Å². The zero-order valence-corrected chi connectivity index (χ0v) is 14.3. The molecule has 5 heteroatoms. The standard InChI is InChI=1S/C21H17F2NO2/c1-12-8-15(14-4-3-5-17(22)11-14)10-16(9-12)21(26)24-20-13(2)19(25)7-6-18(20)23/h3-11,25H,1-2H3,(H,24,26). The van der Waals surface area contributed by atoms with Crippen LogP contribution in [0.1, 0.15) is 21.5 Å². The minimum absolute atomic E-state index is 0.0659. The van der Waals surface area contributed by atoms with Gasteiger partial charge in [-0.15, -0.1) is 0 Å². The van der Waals surface area contributed by atoms with Crippen LogP contribution in [0.15, 0.2) is 54.6 Å². The van der Waals surface area contributed by atoms with Gasteiger partial charge < -0.3 is 10.4 Å². The van der Waals surface area contributed by atoms with Crippen molar-refractivity contribution in [2.24, 2.45) is 0 Å². The number of phenols is 1. The molecule has 3 aromatic rings. The fraction of sp³-hybridized carbons (Fsp3) is 0.0952. The Morgan fingerprint density at radius 3 is 2.46 bits per heavy atom. The monoisotopic (exact) mass is 353 g/mol. The number of benzene rings is 3. The summed E-state index contributed by atoms with van der Waals surface area (Å²) in [6.07, 6.45) is 0. The molecule has 0 radical (unpaired) electrons. The van der Waals surface area contributed by atoms with E-state index >= 15 is 0 Å². The van der Waals surface area contributed by atoms with Crippen molar-refractivity contribution in [3.05, 3.63) is 82.9 Å². The first-order valence-corrected chi connectivity index (χ1v) is 8.02. The molecule has 0 aromatic heterocycles. The zero-order valence-electron chi connectivity index (χ0n) is 14.3. The summed E-state index contributed by atoms with van der Waals surface area (Å²) in [6.45, 7) is 3.34. The van der Waals surface area contributed by atoms with Gasteiger partial charge in [0.2, 0.25) is 0 Å². The molecule has 0 heterocycles. The Morgan fingerprint density at radius 2 is 1.73 bits per heavy atom. The molecule has 2 N–H and O–H groups in total. The van der Waals surface area contributed by atoms with Crippen molar-refractivity contribution in [2.75, 3.05) is 5.32 Å². The molecule has 0 aliphatic carbocycles. The smallest absolute Gasteiger partial charge is 0.255 e. The normalized spacial score (nSPS) is 10.6. The number of hydrogen-bond donors (Lipinski definition) is 2. The third-order valence-electron chi connectivity index (χ3n) is 4.12. The lowest BCUT2D eigenvalue weighted by atomic mass is 9.99. The molecule has 26 heavy (non-hydrogen) atoms. The number of halogens is 2. The van der Waals surface area contributed by atoms with Crippen LogP contribution in [-0.2, 0) is 0 Å². The predicted octanol–water partition coefficient (Wildman–Crippen LogP) is 5.21. The number of anilines is 1. The molecule has 3 aromatic carbocycles. The minimum Gasteiger partial charge on any atom is -0.508 e. The van der Waals surface area contributed by atoms with E-state index in [1.165, 1.54) is 25.1 Å². The SMILES string of the molecule is Cc1cc(C(=O)Nc2c(F)ccc(O)c2C)cc(-c2cccc(F)c2)c1. The van der Waals surface area contributed by atoms with Gasteiger partial charge in [0.05, 0.1) is 5.69 Å². The van der Waals surface area contributed by atoms with Crippen LogP contribution in [-0.4, -0.2) is 11.0 Å². The molecule has 1 amide bonds. The van der Waals surface area contributed by atoms with Crippen molar-refractivity contribution < 1.29 is 18.7 Å². The maximum absolute atomic E-state index is 14.0. The summed E-state index contributed by atoms with van der Waals surface area (Å²) in [4.78, 5) is 12.6. The van der Waals surface area contributed by atoms with Gasteiger partial charge in [0.25, 0.3) is 5.91 Å². The number of aryl methyl sites for hydroxylation is 1. The van der Waals surface area contributed by atoms with Crippen molar-refractivity contribution in [3.63, 3.8) is 0 Å². The molecule has 3 rings (SSSR count). The fourth-order valence-corrected chi connectivity index (χ4v) is 2.76.